The number of alkyl halides is 2. The van der Waals surface area contributed by atoms with Gasteiger partial charge in [-0.2, -0.15) is 0 Å². The summed E-state index contributed by atoms with van der Waals surface area (Å²) in [4.78, 5) is 35.6. The number of benzene rings is 2. The maximum atomic E-state index is 14.4. The van der Waals surface area contributed by atoms with E-state index in [0.29, 0.717) is 51.1 Å². The van der Waals surface area contributed by atoms with Gasteiger partial charge in [-0.1, -0.05) is 79.1 Å². The summed E-state index contributed by atoms with van der Waals surface area (Å²) in [6.07, 6.45) is 9.15. The molecule has 2 aliphatic heterocycles. The smallest absolute Gasteiger partial charge is 0.267 e. The number of morpholine rings is 1. The summed E-state index contributed by atoms with van der Waals surface area (Å²) >= 11 is 6.58. The molecule has 2 saturated heterocycles. The number of nitrogens with two attached hydrogens (primary N) is 1. The third-order valence-electron chi connectivity index (χ3n) is 12.5. The normalized spacial score (nSPS) is 17.9. The molecule has 3 atom stereocenters. The molecule has 0 spiro atoms. The van der Waals surface area contributed by atoms with E-state index in [-0.39, 0.29) is 55.0 Å². The lowest BCUT2D eigenvalue weighted by atomic mass is 9.84. The lowest BCUT2D eigenvalue weighted by molar-refractivity contribution is -0.106. The molecule has 10 nitrogen and oxygen atoms in total. The van der Waals surface area contributed by atoms with E-state index in [0.717, 1.165) is 50.6 Å². The summed E-state index contributed by atoms with van der Waals surface area (Å²) in [6, 6.07) is 11.6. The highest BCUT2D eigenvalue weighted by molar-refractivity contribution is 6.34. The van der Waals surface area contributed by atoms with E-state index in [2.05, 4.69) is 17.2 Å². The first-order chi connectivity index (χ1) is 32.4. The van der Waals surface area contributed by atoms with Crippen LogP contribution in [0, 0.1) is 29.9 Å². The minimum atomic E-state index is -2.68. The first-order valence-corrected chi connectivity index (χ1v) is 24.9. The van der Waals surface area contributed by atoms with Gasteiger partial charge in [0.15, 0.2) is 5.65 Å². The molecule has 1 radical (unpaired) electrons. The number of unbranched alkanes of at least 4 members (excludes halogenated alkanes) is 2. The van der Waals surface area contributed by atoms with Crippen molar-refractivity contribution in [1.29, 1.82) is 5.41 Å². The number of aromatic nitrogens is 3. The van der Waals surface area contributed by atoms with Gasteiger partial charge in [-0.05, 0) is 119 Å². The number of ether oxygens (including phenoxy) is 1. The fourth-order valence-electron chi connectivity index (χ4n) is 9.03. The lowest BCUT2D eigenvalue weighted by Crippen LogP contribution is -2.46. The van der Waals surface area contributed by atoms with Crippen molar-refractivity contribution >= 4 is 41.9 Å². The van der Waals surface area contributed by atoms with Crippen molar-refractivity contribution in [2.24, 2.45) is 11.8 Å². The number of rotatable bonds is 14. The van der Waals surface area contributed by atoms with Gasteiger partial charge in [-0.15, -0.1) is 0 Å². The third-order valence-corrected chi connectivity index (χ3v) is 12.8. The quantitative estimate of drug-likeness (QED) is 0.0216. The van der Waals surface area contributed by atoms with Gasteiger partial charge in [0, 0.05) is 66.3 Å². The Hall–Kier alpha value is -4.02. The van der Waals surface area contributed by atoms with Crippen molar-refractivity contribution in [2.75, 3.05) is 26.3 Å². The second kappa shape index (κ2) is 29.2. The topological polar surface area (TPSA) is 139 Å². The molecular weight excluding hydrogens is 893 g/mol. The summed E-state index contributed by atoms with van der Waals surface area (Å²) < 4.78 is 63.3. The second-order valence-corrected chi connectivity index (χ2v) is 18.6. The van der Waals surface area contributed by atoms with Gasteiger partial charge in [0.05, 0.1) is 29.3 Å². The fraction of sp³-hybridized carbons (Fsp3) is 0.596. The highest BCUT2D eigenvalue weighted by Gasteiger charge is 2.37. The van der Waals surface area contributed by atoms with Crippen LogP contribution in [0.1, 0.15) is 152 Å². The monoisotopic (exact) mass is 969 g/mol. The number of fused-ring (bicyclic) bond motifs is 3. The summed E-state index contributed by atoms with van der Waals surface area (Å²) in [5.41, 5.74) is 5.29. The summed E-state index contributed by atoms with van der Waals surface area (Å²) in [5, 5.41) is 9.33. The first kappa shape index (κ1) is 58.3. The average molecular weight is 969 g/mol. The molecule has 3 fully saturated rings. The number of aldehydes is 1. The zero-order valence-electron chi connectivity index (χ0n) is 41.9. The van der Waals surface area contributed by atoms with E-state index in [4.69, 9.17) is 42.4 Å². The first-order valence-electron chi connectivity index (χ1n) is 24.5. The minimum Gasteiger partial charge on any atom is -0.378 e. The Labute approximate surface area is 408 Å². The lowest BCUT2D eigenvalue weighted by Gasteiger charge is -2.34. The number of pyridine rings is 1. The number of halogens is 5. The molecule has 1 aliphatic carbocycles. The van der Waals surface area contributed by atoms with E-state index >= 15 is 0 Å². The predicted octanol–water partition coefficient (Wildman–Crippen LogP) is 12.0. The van der Waals surface area contributed by atoms with Crippen molar-refractivity contribution in [1.82, 2.24) is 24.9 Å². The van der Waals surface area contributed by atoms with E-state index in [9.17, 15) is 22.4 Å². The van der Waals surface area contributed by atoms with E-state index in [1.165, 1.54) is 62.3 Å². The van der Waals surface area contributed by atoms with Crippen LogP contribution in [0.15, 0.2) is 47.3 Å². The molecule has 2 aromatic heterocycles. The SMILES string of the molecule is CC=O.CCCC(=N)c1c(Cl)ccc(-n2c(C(Cc3cc(F)cc(F)c3)C(C)C)nc3nc(C4CCC(F)(F)CC4)ccc3c2=O)c1C.CCCCCN1C2CC[C@@H]1COC2.CCNN.C[B]C. The van der Waals surface area contributed by atoms with Crippen molar-refractivity contribution in [3.8, 4) is 5.69 Å². The van der Waals surface area contributed by atoms with Crippen LogP contribution in [0.25, 0.3) is 16.7 Å². The summed E-state index contributed by atoms with van der Waals surface area (Å²) in [7, 11) is 2.00. The Morgan fingerprint density at radius 3 is 2.10 bits per heavy atom. The van der Waals surface area contributed by atoms with Gasteiger partial charge in [0.2, 0.25) is 5.92 Å². The van der Waals surface area contributed by atoms with E-state index in [1.807, 2.05) is 55.5 Å². The van der Waals surface area contributed by atoms with Crippen molar-refractivity contribution in [2.45, 2.75) is 169 Å². The van der Waals surface area contributed by atoms with Gasteiger partial charge in [0.1, 0.15) is 31.0 Å². The van der Waals surface area contributed by atoms with Crippen molar-refractivity contribution < 1.29 is 27.1 Å². The maximum Gasteiger partial charge on any atom is 0.267 e. The molecule has 0 amide bonds. The Morgan fingerprint density at radius 2 is 1.57 bits per heavy atom. The van der Waals surface area contributed by atoms with Crippen LogP contribution in [-0.2, 0) is 16.0 Å². The summed E-state index contributed by atoms with van der Waals surface area (Å²) in [5.74, 6) is 0.267. The highest BCUT2D eigenvalue weighted by atomic mass is 35.5. The van der Waals surface area contributed by atoms with Crippen molar-refractivity contribution in [3.63, 3.8) is 0 Å². The van der Waals surface area contributed by atoms with E-state index < -0.39 is 29.0 Å². The minimum absolute atomic E-state index is 0.124. The standard InChI is InChI=1S/C35H37ClF4N4O.C11H21NO.C2H6B.C2H8N2.C2H4O/c1-5-6-28(41)31-20(4)30(10-8-27(31)36)44-33(26(19(2)3)17-21-15-23(37)18-24(38)16-21)43-32-25(34(44)45)7-9-29(42-32)22-11-13-35(39,40)14-12-22;1-2-3-4-7-12-10-5-6-11(12)9-13-8-10;1-3-2;1-2-4-3;1-2-3/h7-10,15-16,18-19,22,26,41H,5-6,11-14,17H2,1-4H3;10-11H,2-9H2,1H3;1-2H3;4H,2-3H2,1H3;2H,1H3/t;10-,11?;;;/m.1.../s1. The van der Waals surface area contributed by atoms with Crippen LogP contribution in [-0.4, -0.2) is 83.0 Å². The van der Waals surface area contributed by atoms with Crippen LogP contribution < -0.4 is 16.8 Å². The van der Waals surface area contributed by atoms with Crippen molar-refractivity contribution in [3.05, 3.63) is 97.7 Å². The molecule has 2 aromatic carbocycles. The number of hydrazine groups is 1. The molecule has 375 valence electrons. The summed E-state index contributed by atoms with van der Waals surface area (Å²) in [6.45, 7) is 21.5. The van der Waals surface area contributed by atoms with Crippen LogP contribution in [0.3, 0.4) is 0 Å². The Balaban J connectivity index is 0.000000436. The Bertz CT molecular complexity index is 2220. The van der Waals surface area contributed by atoms with Crippen LogP contribution in [0.2, 0.25) is 18.7 Å². The molecule has 16 heteroatoms. The number of carbonyl (C=O) groups is 1. The molecule has 2 bridgehead atoms. The number of nitrogens with zero attached hydrogens (tertiary/aromatic N) is 4. The second-order valence-electron chi connectivity index (χ2n) is 18.2. The predicted molar refractivity (Wildman–Crippen MR) is 271 cm³/mol. The molecule has 4 heterocycles. The Kier molecular flexibility index (Phi) is 25.1. The number of carbonyl (C=O) groups excluding carboxylic acids is 1. The molecule has 4 N–H and O–H groups in total. The third kappa shape index (κ3) is 16.6. The molecular formula is C52H76BClF4N7O3. The molecule has 4 aromatic rings. The van der Waals surface area contributed by atoms with E-state index in [1.54, 1.807) is 24.3 Å². The average Bonchev–Trinajstić information content (AvgIpc) is 3.49. The zero-order valence-corrected chi connectivity index (χ0v) is 42.6. The molecule has 1 saturated carbocycles. The number of nitrogens with one attached hydrogen (secondary N) is 2. The fourth-order valence-corrected chi connectivity index (χ4v) is 9.35. The largest absolute Gasteiger partial charge is 0.378 e. The molecule has 2 unspecified atom stereocenters. The van der Waals surface area contributed by atoms with Gasteiger partial charge in [-0.25, -0.2) is 27.5 Å². The molecule has 68 heavy (non-hydrogen) atoms. The Morgan fingerprint density at radius 1 is 0.985 bits per heavy atom. The maximum absolute atomic E-state index is 14.4. The van der Waals surface area contributed by atoms with Gasteiger partial charge >= 0.3 is 0 Å². The number of hydrogen-bond acceptors (Lipinski definition) is 9. The van der Waals surface area contributed by atoms with Gasteiger partial charge in [-0.3, -0.25) is 25.5 Å². The highest BCUT2D eigenvalue weighted by Crippen LogP contribution is 2.41. The number of hydrogen-bond donors (Lipinski definition) is 3. The van der Waals surface area contributed by atoms with Gasteiger partial charge < -0.3 is 14.9 Å². The molecule has 7 rings (SSSR count). The van der Waals surface area contributed by atoms with Crippen LogP contribution >= 0.6 is 11.6 Å². The van der Waals surface area contributed by atoms with Crippen LogP contribution in [0.5, 0.6) is 0 Å². The van der Waals surface area contributed by atoms with Gasteiger partial charge in [0.25, 0.3) is 5.56 Å². The molecule has 3 aliphatic rings. The van der Waals surface area contributed by atoms with Crippen LogP contribution in [0.4, 0.5) is 17.6 Å². The zero-order chi connectivity index (χ0) is 50.6.